The summed E-state index contributed by atoms with van der Waals surface area (Å²) in [6.07, 6.45) is 0. The van der Waals surface area contributed by atoms with Crippen molar-refractivity contribution in [2.75, 3.05) is 25.5 Å². The van der Waals surface area contributed by atoms with E-state index in [2.05, 4.69) is 5.32 Å². The number of carbonyl (C=O) groups is 1. The van der Waals surface area contributed by atoms with Gasteiger partial charge in [-0.15, -0.1) is 0 Å². The fourth-order valence-electron chi connectivity index (χ4n) is 2.51. The van der Waals surface area contributed by atoms with Crippen LogP contribution in [0.3, 0.4) is 0 Å². The highest BCUT2D eigenvalue weighted by Gasteiger charge is 2.25. The molecule has 0 aliphatic carbocycles. The van der Waals surface area contributed by atoms with Gasteiger partial charge in [0.2, 0.25) is 10.0 Å². The molecular formula is C18H21ClN2O4S. The molecule has 0 bridgehead atoms. The molecule has 140 valence electrons. The Morgan fingerprint density at radius 3 is 2.42 bits per heavy atom. The average molecular weight is 397 g/mol. The van der Waals surface area contributed by atoms with Gasteiger partial charge in [0.15, 0.2) is 0 Å². The van der Waals surface area contributed by atoms with Crippen LogP contribution in [0, 0.1) is 0 Å². The molecule has 0 aromatic heterocycles. The van der Waals surface area contributed by atoms with E-state index in [1.807, 2.05) is 0 Å². The lowest BCUT2D eigenvalue weighted by atomic mass is 10.2. The maximum atomic E-state index is 12.7. The number of rotatable bonds is 7. The highest BCUT2D eigenvalue weighted by molar-refractivity contribution is 7.89. The van der Waals surface area contributed by atoms with Gasteiger partial charge in [-0.25, -0.2) is 8.42 Å². The van der Waals surface area contributed by atoms with Crippen molar-refractivity contribution in [3.63, 3.8) is 0 Å². The molecule has 0 aliphatic rings. The minimum Gasteiger partial charge on any atom is -0.496 e. The SMILES string of the molecule is CCN(CC)S(=O)(=O)c1cc(NC(=O)c2ccccc2OC)ccc1Cl. The number of hydrogen-bond acceptors (Lipinski definition) is 4. The average Bonchev–Trinajstić information content (AvgIpc) is 2.63. The second-order valence-electron chi connectivity index (χ2n) is 5.39. The van der Waals surface area contributed by atoms with Gasteiger partial charge in [-0.3, -0.25) is 4.79 Å². The molecule has 8 heteroatoms. The highest BCUT2D eigenvalue weighted by Crippen LogP contribution is 2.28. The lowest BCUT2D eigenvalue weighted by molar-refractivity contribution is 0.102. The quantitative estimate of drug-likeness (QED) is 0.775. The van der Waals surface area contributed by atoms with Gasteiger partial charge in [0.25, 0.3) is 5.91 Å². The lowest BCUT2D eigenvalue weighted by Gasteiger charge is -2.19. The van der Waals surface area contributed by atoms with Gasteiger partial charge in [0, 0.05) is 18.8 Å². The van der Waals surface area contributed by atoms with Crippen LogP contribution in [0.25, 0.3) is 0 Å². The molecule has 0 heterocycles. The van der Waals surface area contributed by atoms with Crippen LogP contribution in [-0.4, -0.2) is 38.8 Å². The molecule has 6 nitrogen and oxygen atoms in total. The zero-order chi connectivity index (χ0) is 19.3. The highest BCUT2D eigenvalue weighted by atomic mass is 35.5. The summed E-state index contributed by atoms with van der Waals surface area (Å²) in [6.45, 7) is 4.16. The van der Waals surface area contributed by atoms with Crippen molar-refractivity contribution in [1.82, 2.24) is 4.31 Å². The molecule has 0 saturated heterocycles. The Kier molecular flexibility index (Phi) is 6.63. The number of carbonyl (C=O) groups excluding carboxylic acids is 1. The summed E-state index contributed by atoms with van der Waals surface area (Å²) in [5.41, 5.74) is 0.675. The molecular weight excluding hydrogens is 376 g/mol. The van der Waals surface area contributed by atoms with E-state index in [0.717, 1.165) is 0 Å². The molecule has 2 rings (SSSR count). The fourth-order valence-corrected chi connectivity index (χ4v) is 4.47. The first kappa shape index (κ1) is 20.2. The molecule has 0 radical (unpaired) electrons. The van der Waals surface area contributed by atoms with Crippen LogP contribution < -0.4 is 10.1 Å². The third-order valence-corrected chi connectivity index (χ3v) is 6.40. The van der Waals surface area contributed by atoms with E-state index in [0.29, 0.717) is 30.1 Å². The van der Waals surface area contributed by atoms with Crippen LogP contribution >= 0.6 is 11.6 Å². The number of hydrogen-bond donors (Lipinski definition) is 1. The zero-order valence-electron chi connectivity index (χ0n) is 14.8. The second-order valence-corrected chi connectivity index (χ2v) is 7.70. The van der Waals surface area contributed by atoms with Crippen molar-refractivity contribution in [1.29, 1.82) is 0 Å². The lowest BCUT2D eigenvalue weighted by Crippen LogP contribution is -2.30. The standard InChI is InChI=1S/C18H21ClN2O4S/c1-4-21(5-2)26(23,24)17-12-13(10-11-15(17)19)20-18(22)14-8-6-7-9-16(14)25-3/h6-12H,4-5H2,1-3H3,(H,20,22). The van der Waals surface area contributed by atoms with Gasteiger partial charge in [-0.2, -0.15) is 4.31 Å². The van der Waals surface area contributed by atoms with Crippen LogP contribution in [0.4, 0.5) is 5.69 Å². The first-order valence-electron chi connectivity index (χ1n) is 8.09. The van der Waals surface area contributed by atoms with Crippen molar-refractivity contribution >= 4 is 33.2 Å². The summed E-state index contributed by atoms with van der Waals surface area (Å²) in [7, 11) is -2.27. The number of para-hydroxylation sites is 1. The Labute approximate surface area is 158 Å². The van der Waals surface area contributed by atoms with Crippen LogP contribution in [0.15, 0.2) is 47.4 Å². The minimum absolute atomic E-state index is 0.0410. The molecule has 0 atom stereocenters. The topological polar surface area (TPSA) is 75.7 Å². The predicted octanol–water partition coefficient (Wildman–Crippen LogP) is 3.63. The molecule has 0 unspecified atom stereocenters. The zero-order valence-corrected chi connectivity index (χ0v) is 16.4. The largest absolute Gasteiger partial charge is 0.496 e. The molecule has 26 heavy (non-hydrogen) atoms. The number of halogens is 1. The molecule has 2 aromatic carbocycles. The third kappa shape index (κ3) is 4.17. The molecule has 0 aliphatic heterocycles. The van der Waals surface area contributed by atoms with E-state index in [1.54, 1.807) is 44.2 Å². The Morgan fingerprint density at radius 1 is 1.15 bits per heavy atom. The van der Waals surface area contributed by atoms with E-state index >= 15 is 0 Å². The number of methoxy groups -OCH3 is 1. The van der Waals surface area contributed by atoms with Gasteiger partial charge in [-0.05, 0) is 30.3 Å². The second kappa shape index (κ2) is 8.53. The predicted molar refractivity (Wildman–Crippen MR) is 103 cm³/mol. The van der Waals surface area contributed by atoms with Crippen molar-refractivity contribution in [3.8, 4) is 5.75 Å². The smallest absolute Gasteiger partial charge is 0.259 e. The fraction of sp³-hybridized carbons (Fsp3) is 0.278. The summed E-state index contributed by atoms with van der Waals surface area (Å²) in [4.78, 5) is 12.5. The summed E-state index contributed by atoms with van der Waals surface area (Å²) in [6, 6.07) is 11.1. The maximum Gasteiger partial charge on any atom is 0.259 e. The Bertz CT molecular complexity index is 896. The van der Waals surface area contributed by atoms with Crippen LogP contribution in [-0.2, 0) is 10.0 Å². The molecule has 0 saturated carbocycles. The summed E-state index contributed by atoms with van der Waals surface area (Å²) in [5.74, 6) is 0.0194. The van der Waals surface area contributed by atoms with Crippen molar-refractivity contribution in [3.05, 3.63) is 53.1 Å². The van der Waals surface area contributed by atoms with Gasteiger partial charge >= 0.3 is 0 Å². The van der Waals surface area contributed by atoms with Gasteiger partial charge in [-0.1, -0.05) is 37.6 Å². The van der Waals surface area contributed by atoms with E-state index in [1.165, 1.54) is 23.5 Å². The van der Waals surface area contributed by atoms with Crippen LogP contribution in [0.5, 0.6) is 5.75 Å². The number of nitrogens with one attached hydrogen (secondary N) is 1. The van der Waals surface area contributed by atoms with E-state index in [9.17, 15) is 13.2 Å². The van der Waals surface area contributed by atoms with Gasteiger partial charge in [0.1, 0.15) is 10.6 Å². The van der Waals surface area contributed by atoms with Gasteiger partial charge in [0.05, 0.1) is 17.7 Å². The van der Waals surface area contributed by atoms with Crippen molar-refractivity contribution in [2.45, 2.75) is 18.7 Å². The van der Waals surface area contributed by atoms with Crippen LogP contribution in [0.1, 0.15) is 24.2 Å². The maximum absolute atomic E-state index is 12.7. The Hall–Kier alpha value is -2.09. The number of anilines is 1. The number of nitrogens with zero attached hydrogens (tertiary/aromatic N) is 1. The normalized spacial score (nSPS) is 11.4. The number of sulfonamides is 1. The molecule has 1 amide bonds. The monoisotopic (exact) mass is 396 g/mol. The molecule has 0 spiro atoms. The number of amides is 1. The van der Waals surface area contributed by atoms with Gasteiger partial charge < -0.3 is 10.1 Å². The van der Waals surface area contributed by atoms with E-state index < -0.39 is 15.9 Å². The molecule has 0 fully saturated rings. The summed E-state index contributed by atoms with van der Waals surface area (Å²) < 4.78 is 31.9. The minimum atomic E-state index is -3.74. The number of benzene rings is 2. The van der Waals surface area contributed by atoms with Crippen molar-refractivity contribution in [2.24, 2.45) is 0 Å². The first-order chi connectivity index (χ1) is 12.3. The summed E-state index contributed by atoms with van der Waals surface area (Å²) >= 11 is 6.10. The van der Waals surface area contributed by atoms with E-state index in [4.69, 9.17) is 16.3 Å². The molecule has 2 aromatic rings. The third-order valence-electron chi connectivity index (χ3n) is 3.86. The summed E-state index contributed by atoms with van der Waals surface area (Å²) in [5, 5.41) is 2.79. The van der Waals surface area contributed by atoms with E-state index in [-0.39, 0.29) is 9.92 Å². The molecule has 1 N–H and O–H groups in total. The number of ether oxygens (including phenoxy) is 1. The van der Waals surface area contributed by atoms with Crippen molar-refractivity contribution < 1.29 is 17.9 Å². The first-order valence-corrected chi connectivity index (χ1v) is 9.91. The Morgan fingerprint density at radius 2 is 1.81 bits per heavy atom. The Balaban J connectivity index is 2.37. The van der Waals surface area contributed by atoms with Crippen LogP contribution in [0.2, 0.25) is 5.02 Å².